The molecular formula is C23H24N6O5. The fourth-order valence-electron chi connectivity index (χ4n) is 3.88. The Kier molecular flexibility index (Phi) is 6.53. The van der Waals surface area contributed by atoms with Gasteiger partial charge in [-0.05, 0) is 23.8 Å². The van der Waals surface area contributed by atoms with E-state index < -0.39 is 4.92 Å². The summed E-state index contributed by atoms with van der Waals surface area (Å²) in [5.41, 5.74) is 1.77. The first-order valence-corrected chi connectivity index (χ1v) is 10.8. The lowest BCUT2D eigenvalue weighted by Gasteiger charge is -2.35. The van der Waals surface area contributed by atoms with Gasteiger partial charge in [0.1, 0.15) is 6.54 Å². The minimum Gasteiger partial charge on any atom is -0.368 e. The van der Waals surface area contributed by atoms with E-state index in [2.05, 4.69) is 15.2 Å². The first kappa shape index (κ1) is 22.9. The third-order valence-corrected chi connectivity index (χ3v) is 5.85. The number of carbonyl (C=O) groups excluding carboxylic acids is 2. The van der Waals surface area contributed by atoms with Crippen molar-refractivity contribution in [2.75, 3.05) is 31.1 Å². The van der Waals surface area contributed by atoms with E-state index in [4.69, 9.17) is 0 Å². The SMILES string of the molecule is CC(=O)N1CCN(c2ccc3ncn(CC(=O)NCc4ccc([N+](=O)[O-])cc4)c(=O)c3c2)CC1. The van der Waals surface area contributed by atoms with Gasteiger partial charge in [-0.3, -0.25) is 29.1 Å². The molecule has 34 heavy (non-hydrogen) atoms. The van der Waals surface area contributed by atoms with Gasteiger partial charge in [0.05, 0.1) is 22.2 Å². The molecule has 1 aliphatic heterocycles. The predicted octanol–water partition coefficient (Wildman–Crippen LogP) is 1.29. The molecule has 1 saturated heterocycles. The molecule has 1 aromatic heterocycles. The van der Waals surface area contributed by atoms with Crippen molar-refractivity contribution >= 4 is 34.1 Å². The number of nitrogens with zero attached hydrogens (tertiary/aromatic N) is 5. The predicted molar refractivity (Wildman–Crippen MR) is 125 cm³/mol. The second-order valence-corrected chi connectivity index (χ2v) is 8.07. The molecule has 4 rings (SSSR count). The number of hydrogen-bond donors (Lipinski definition) is 1. The lowest BCUT2D eigenvalue weighted by molar-refractivity contribution is -0.384. The van der Waals surface area contributed by atoms with E-state index in [9.17, 15) is 24.5 Å². The Morgan fingerprint density at radius 3 is 2.44 bits per heavy atom. The van der Waals surface area contributed by atoms with Crippen LogP contribution in [0.15, 0.2) is 53.6 Å². The van der Waals surface area contributed by atoms with Gasteiger partial charge in [0.25, 0.3) is 11.2 Å². The van der Waals surface area contributed by atoms with E-state index >= 15 is 0 Å². The molecule has 0 atom stereocenters. The summed E-state index contributed by atoms with van der Waals surface area (Å²) in [5.74, 6) is -0.324. The molecule has 0 saturated carbocycles. The number of nitrogens with one attached hydrogen (secondary N) is 1. The van der Waals surface area contributed by atoms with Crippen molar-refractivity contribution < 1.29 is 14.5 Å². The van der Waals surface area contributed by atoms with Crippen LogP contribution in [0, 0.1) is 10.1 Å². The first-order valence-electron chi connectivity index (χ1n) is 10.8. The smallest absolute Gasteiger partial charge is 0.269 e. The van der Waals surface area contributed by atoms with E-state index in [0.29, 0.717) is 42.6 Å². The number of nitro benzene ring substituents is 1. The normalized spacial score (nSPS) is 13.7. The van der Waals surface area contributed by atoms with Crippen molar-refractivity contribution in [1.82, 2.24) is 19.8 Å². The highest BCUT2D eigenvalue weighted by Gasteiger charge is 2.19. The molecule has 2 aromatic carbocycles. The van der Waals surface area contributed by atoms with Crippen LogP contribution in [0.25, 0.3) is 10.9 Å². The van der Waals surface area contributed by atoms with Gasteiger partial charge in [-0.1, -0.05) is 12.1 Å². The van der Waals surface area contributed by atoms with Crippen molar-refractivity contribution in [3.8, 4) is 0 Å². The summed E-state index contributed by atoms with van der Waals surface area (Å²) in [7, 11) is 0. The Morgan fingerprint density at radius 1 is 1.09 bits per heavy atom. The third-order valence-electron chi connectivity index (χ3n) is 5.85. The summed E-state index contributed by atoms with van der Waals surface area (Å²) in [6.07, 6.45) is 1.35. The molecule has 0 radical (unpaired) electrons. The minimum absolute atomic E-state index is 0.0241. The molecule has 2 heterocycles. The van der Waals surface area contributed by atoms with Gasteiger partial charge in [-0.2, -0.15) is 0 Å². The number of benzene rings is 2. The van der Waals surface area contributed by atoms with Gasteiger partial charge in [0.2, 0.25) is 11.8 Å². The second kappa shape index (κ2) is 9.69. The zero-order valence-electron chi connectivity index (χ0n) is 18.6. The maximum atomic E-state index is 13.0. The molecule has 3 aromatic rings. The molecule has 176 valence electrons. The van der Waals surface area contributed by atoms with E-state index in [0.717, 1.165) is 5.69 Å². The van der Waals surface area contributed by atoms with Crippen molar-refractivity contribution in [3.63, 3.8) is 0 Å². The number of piperazine rings is 1. The number of anilines is 1. The highest BCUT2D eigenvalue weighted by Crippen LogP contribution is 2.20. The number of aromatic nitrogens is 2. The summed E-state index contributed by atoms with van der Waals surface area (Å²) < 4.78 is 1.25. The zero-order chi connectivity index (χ0) is 24.2. The molecule has 0 spiro atoms. The van der Waals surface area contributed by atoms with Gasteiger partial charge in [-0.15, -0.1) is 0 Å². The molecule has 11 heteroatoms. The van der Waals surface area contributed by atoms with E-state index in [1.165, 1.54) is 23.0 Å². The fraction of sp³-hybridized carbons (Fsp3) is 0.304. The van der Waals surface area contributed by atoms with E-state index in [1.807, 2.05) is 6.07 Å². The molecule has 1 aliphatic rings. The molecule has 0 aliphatic carbocycles. The number of nitro groups is 1. The van der Waals surface area contributed by atoms with E-state index in [1.54, 1.807) is 36.1 Å². The van der Waals surface area contributed by atoms with Crippen LogP contribution in [0.1, 0.15) is 12.5 Å². The molecular weight excluding hydrogens is 440 g/mol. The molecule has 1 N–H and O–H groups in total. The van der Waals surface area contributed by atoms with Gasteiger partial charge in [0, 0.05) is 57.5 Å². The molecule has 0 bridgehead atoms. The van der Waals surface area contributed by atoms with Crippen molar-refractivity contribution in [1.29, 1.82) is 0 Å². The summed E-state index contributed by atoms with van der Waals surface area (Å²) in [6.45, 7) is 4.13. The van der Waals surface area contributed by atoms with Gasteiger partial charge in [0.15, 0.2) is 0 Å². The highest BCUT2D eigenvalue weighted by atomic mass is 16.6. The van der Waals surface area contributed by atoms with Crippen LogP contribution in [-0.4, -0.2) is 57.4 Å². The quantitative estimate of drug-likeness (QED) is 0.430. The van der Waals surface area contributed by atoms with Gasteiger partial charge >= 0.3 is 0 Å². The summed E-state index contributed by atoms with van der Waals surface area (Å²) in [6, 6.07) is 11.3. The van der Waals surface area contributed by atoms with Crippen LogP contribution >= 0.6 is 0 Å². The van der Waals surface area contributed by atoms with Crippen LogP contribution in [0.4, 0.5) is 11.4 Å². The van der Waals surface area contributed by atoms with Crippen LogP contribution in [0.5, 0.6) is 0 Å². The van der Waals surface area contributed by atoms with E-state index in [-0.39, 0.29) is 36.2 Å². The molecule has 0 unspecified atom stereocenters. The maximum Gasteiger partial charge on any atom is 0.269 e. The molecule has 1 fully saturated rings. The fourth-order valence-corrected chi connectivity index (χ4v) is 3.88. The second-order valence-electron chi connectivity index (χ2n) is 8.07. The lowest BCUT2D eigenvalue weighted by Crippen LogP contribution is -2.48. The lowest BCUT2D eigenvalue weighted by atomic mass is 10.2. The number of fused-ring (bicyclic) bond motifs is 1. The van der Waals surface area contributed by atoms with Gasteiger partial charge < -0.3 is 15.1 Å². The van der Waals surface area contributed by atoms with Gasteiger partial charge in [-0.25, -0.2) is 4.98 Å². The maximum absolute atomic E-state index is 13.0. The van der Waals surface area contributed by atoms with Crippen molar-refractivity contribution in [3.05, 3.63) is 74.8 Å². The Labute approximate surface area is 194 Å². The van der Waals surface area contributed by atoms with Crippen LogP contribution in [0.2, 0.25) is 0 Å². The number of hydrogen-bond acceptors (Lipinski definition) is 7. The number of carbonyl (C=O) groups is 2. The Bertz CT molecular complexity index is 1300. The van der Waals surface area contributed by atoms with Crippen LogP contribution in [-0.2, 0) is 22.7 Å². The van der Waals surface area contributed by atoms with Crippen molar-refractivity contribution in [2.45, 2.75) is 20.0 Å². The summed E-state index contributed by atoms with van der Waals surface area (Å²) in [4.78, 5) is 55.4. The average molecular weight is 464 g/mol. The van der Waals surface area contributed by atoms with Crippen LogP contribution in [0.3, 0.4) is 0 Å². The Morgan fingerprint density at radius 2 is 1.79 bits per heavy atom. The Balaban J connectivity index is 1.44. The van der Waals surface area contributed by atoms with Crippen LogP contribution < -0.4 is 15.8 Å². The summed E-state index contributed by atoms with van der Waals surface area (Å²) in [5, 5.41) is 13.9. The summed E-state index contributed by atoms with van der Waals surface area (Å²) >= 11 is 0. The Hall–Kier alpha value is -4.28. The number of amides is 2. The number of non-ortho nitro benzene ring substituents is 1. The molecule has 11 nitrogen and oxygen atoms in total. The zero-order valence-corrected chi connectivity index (χ0v) is 18.6. The topological polar surface area (TPSA) is 131 Å². The number of rotatable bonds is 6. The van der Waals surface area contributed by atoms with Crippen molar-refractivity contribution in [2.24, 2.45) is 0 Å². The molecule has 2 amide bonds. The monoisotopic (exact) mass is 464 g/mol. The average Bonchev–Trinajstić information content (AvgIpc) is 2.84. The minimum atomic E-state index is -0.487. The largest absolute Gasteiger partial charge is 0.368 e. The first-order chi connectivity index (χ1) is 16.3. The third kappa shape index (κ3) is 5.03. The standard InChI is InChI=1S/C23H24N6O5/c1-16(30)26-8-10-27(11-9-26)19-6-7-21-20(12-19)23(32)28(15-25-21)14-22(31)24-13-17-2-4-18(5-3-17)29(33)34/h2-7,12,15H,8-11,13-14H2,1H3,(H,24,31). The highest BCUT2D eigenvalue weighted by molar-refractivity contribution is 5.82.